The lowest BCUT2D eigenvalue weighted by molar-refractivity contribution is 0.118. The monoisotopic (exact) mass is 199 g/mol. The van der Waals surface area contributed by atoms with E-state index >= 15 is 0 Å². The van der Waals surface area contributed by atoms with Crippen LogP contribution in [0.3, 0.4) is 0 Å². The van der Waals surface area contributed by atoms with Gasteiger partial charge in [-0.3, -0.25) is 0 Å². The van der Waals surface area contributed by atoms with Gasteiger partial charge in [-0.05, 0) is 38.8 Å². The lowest BCUT2D eigenvalue weighted by Gasteiger charge is -2.19. The molecule has 0 fully saturated rings. The van der Waals surface area contributed by atoms with E-state index in [9.17, 15) is 0 Å². The first-order valence-corrected chi connectivity index (χ1v) is 5.52. The Morgan fingerprint density at radius 3 is 3.21 bits per heavy atom. The summed E-state index contributed by atoms with van der Waals surface area (Å²) in [6.45, 7) is 5.67. The summed E-state index contributed by atoms with van der Waals surface area (Å²) >= 11 is 0. The largest absolute Gasteiger partial charge is 0.497 e. The Balaban J connectivity index is 1.86. The van der Waals surface area contributed by atoms with E-state index in [1.165, 1.54) is 0 Å². The summed E-state index contributed by atoms with van der Waals surface area (Å²) in [4.78, 5) is 0. The van der Waals surface area contributed by atoms with Crippen LogP contribution in [0.4, 0.5) is 0 Å². The molecular weight excluding hydrogens is 178 g/mol. The van der Waals surface area contributed by atoms with Crippen molar-refractivity contribution < 1.29 is 9.47 Å². The molecule has 0 saturated heterocycles. The third-order valence-corrected chi connectivity index (χ3v) is 2.24. The van der Waals surface area contributed by atoms with E-state index in [1.807, 2.05) is 13.2 Å². The first kappa shape index (κ1) is 11.5. The van der Waals surface area contributed by atoms with Gasteiger partial charge in [-0.25, -0.2) is 0 Å². The number of nitrogens with one attached hydrogen (secondary N) is 1. The van der Waals surface area contributed by atoms with Crippen LogP contribution in [0, 0.1) is 0 Å². The molecule has 82 valence electrons. The number of ether oxygens (including phenoxy) is 2. The predicted octanol–water partition coefficient (Wildman–Crippen LogP) is 1.70. The zero-order chi connectivity index (χ0) is 10.1. The number of hydrogen-bond acceptors (Lipinski definition) is 3. The van der Waals surface area contributed by atoms with Crippen molar-refractivity contribution in [2.45, 2.75) is 32.3 Å². The van der Waals surface area contributed by atoms with Crippen LogP contribution in [0.25, 0.3) is 0 Å². The van der Waals surface area contributed by atoms with Crippen LogP contribution in [0.2, 0.25) is 0 Å². The van der Waals surface area contributed by atoms with E-state index in [2.05, 4.69) is 11.4 Å². The molecule has 1 aliphatic rings. The Morgan fingerprint density at radius 2 is 2.50 bits per heavy atom. The van der Waals surface area contributed by atoms with Crippen molar-refractivity contribution in [3.63, 3.8) is 0 Å². The molecule has 0 radical (unpaired) electrons. The lowest BCUT2D eigenvalue weighted by atomic mass is 10.1. The molecule has 3 heteroatoms. The highest BCUT2D eigenvalue weighted by molar-refractivity contribution is 4.82. The predicted molar refractivity (Wildman–Crippen MR) is 57.2 cm³/mol. The van der Waals surface area contributed by atoms with Crippen LogP contribution in [-0.2, 0) is 9.47 Å². The summed E-state index contributed by atoms with van der Waals surface area (Å²) in [7, 11) is 0. The third-order valence-electron chi connectivity index (χ3n) is 2.24. The molecule has 1 rings (SSSR count). The lowest BCUT2D eigenvalue weighted by Crippen LogP contribution is -2.30. The van der Waals surface area contributed by atoms with Gasteiger partial charge in [-0.2, -0.15) is 0 Å². The van der Waals surface area contributed by atoms with Gasteiger partial charge in [0.15, 0.2) is 0 Å². The van der Waals surface area contributed by atoms with Crippen molar-refractivity contribution in [2.24, 2.45) is 0 Å². The molecule has 0 saturated carbocycles. The SMILES string of the molecule is CCOCCCNCC1CCC=CO1. The van der Waals surface area contributed by atoms with Gasteiger partial charge in [0, 0.05) is 19.8 Å². The maximum atomic E-state index is 5.43. The average Bonchev–Trinajstić information content (AvgIpc) is 2.25. The summed E-state index contributed by atoms with van der Waals surface area (Å²) in [5.74, 6) is 0. The minimum Gasteiger partial charge on any atom is -0.497 e. The summed E-state index contributed by atoms with van der Waals surface area (Å²) in [5.41, 5.74) is 0. The third kappa shape index (κ3) is 5.25. The zero-order valence-electron chi connectivity index (χ0n) is 9.00. The van der Waals surface area contributed by atoms with Crippen molar-refractivity contribution in [1.29, 1.82) is 0 Å². The van der Waals surface area contributed by atoms with Gasteiger partial charge in [-0.15, -0.1) is 0 Å². The van der Waals surface area contributed by atoms with E-state index < -0.39 is 0 Å². The Kier molecular flexibility index (Phi) is 6.45. The van der Waals surface area contributed by atoms with E-state index in [0.29, 0.717) is 6.10 Å². The van der Waals surface area contributed by atoms with Crippen molar-refractivity contribution in [3.05, 3.63) is 12.3 Å². The Labute approximate surface area is 86.5 Å². The Morgan fingerprint density at radius 1 is 1.57 bits per heavy atom. The van der Waals surface area contributed by atoms with Crippen molar-refractivity contribution in [2.75, 3.05) is 26.3 Å². The molecule has 3 nitrogen and oxygen atoms in total. The molecule has 1 heterocycles. The normalized spacial score (nSPS) is 20.8. The van der Waals surface area contributed by atoms with Gasteiger partial charge < -0.3 is 14.8 Å². The molecule has 0 aromatic heterocycles. The van der Waals surface area contributed by atoms with Crippen molar-refractivity contribution >= 4 is 0 Å². The molecule has 0 spiro atoms. The molecule has 0 aromatic carbocycles. The smallest absolute Gasteiger partial charge is 0.110 e. The second-order valence-corrected chi connectivity index (χ2v) is 3.46. The second kappa shape index (κ2) is 7.83. The minimum absolute atomic E-state index is 0.368. The summed E-state index contributed by atoms with van der Waals surface area (Å²) in [6, 6.07) is 0. The highest BCUT2D eigenvalue weighted by atomic mass is 16.5. The van der Waals surface area contributed by atoms with Gasteiger partial charge in [0.1, 0.15) is 6.10 Å². The van der Waals surface area contributed by atoms with Crippen molar-refractivity contribution in [3.8, 4) is 0 Å². The molecule has 0 amide bonds. The molecular formula is C11H21NO2. The Hall–Kier alpha value is -0.540. The van der Waals surface area contributed by atoms with Gasteiger partial charge in [-0.1, -0.05) is 0 Å². The molecule has 0 aliphatic carbocycles. The molecule has 0 bridgehead atoms. The number of hydrogen-bond donors (Lipinski definition) is 1. The topological polar surface area (TPSA) is 30.5 Å². The van der Waals surface area contributed by atoms with E-state index in [4.69, 9.17) is 9.47 Å². The van der Waals surface area contributed by atoms with Gasteiger partial charge >= 0.3 is 0 Å². The molecule has 14 heavy (non-hydrogen) atoms. The molecule has 1 N–H and O–H groups in total. The summed E-state index contributed by atoms with van der Waals surface area (Å²) in [5, 5.41) is 3.38. The van der Waals surface area contributed by atoms with Crippen LogP contribution in [0.15, 0.2) is 12.3 Å². The first-order chi connectivity index (χ1) is 6.93. The zero-order valence-corrected chi connectivity index (χ0v) is 9.00. The van der Waals surface area contributed by atoms with Crippen LogP contribution >= 0.6 is 0 Å². The summed E-state index contributed by atoms with van der Waals surface area (Å²) in [6.07, 6.45) is 7.62. The molecule has 1 atom stereocenters. The van der Waals surface area contributed by atoms with E-state index in [0.717, 1.165) is 45.6 Å². The fourth-order valence-corrected chi connectivity index (χ4v) is 1.44. The number of allylic oxidation sites excluding steroid dienone is 1. The highest BCUT2D eigenvalue weighted by Gasteiger charge is 2.09. The minimum atomic E-state index is 0.368. The highest BCUT2D eigenvalue weighted by Crippen LogP contribution is 2.08. The quantitative estimate of drug-likeness (QED) is 0.633. The van der Waals surface area contributed by atoms with Crippen LogP contribution in [-0.4, -0.2) is 32.4 Å². The van der Waals surface area contributed by atoms with Crippen molar-refractivity contribution in [1.82, 2.24) is 5.32 Å². The summed E-state index contributed by atoms with van der Waals surface area (Å²) < 4.78 is 10.7. The fourth-order valence-electron chi connectivity index (χ4n) is 1.44. The second-order valence-electron chi connectivity index (χ2n) is 3.46. The maximum absolute atomic E-state index is 5.43. The first-order valence-electron chi connectivity index (χ1n) is 5.52. The maximum Gasteiger partial charge on any atom is 0.110 e. The van der Waals surface area contributed by atoms with E-state index in [1.54, 1.807) is 0 Å². The molecule has 1 unspecified atom stereocenters. The van der Waals surface area contributed by atoms with Gasteiger partial charge in [0.05, 0.1) is 6.26 Å². The number of rotatable bonds is 7. The fraction of sp³-hybridized carbons (Fsp3) is 0.818. The Bertz CT molecular complexity index is 159. The molecule has 1 aliphatic heterocycles. The van der Waals surface area contributed by atoms with Crippen LogP contribution < -0.4 is 5.32 Å². The van der Waals surface area contributed by atoms with Gasteiger partial charge in [0.25, 0.3) is 0 Å². The van der Waals surface area contributed by atoms with E-state index in [-0.39, 0.29) is 0 Å². The van der Waals surface area contributed by atoms with Crippen LogP contribution in [0.5, 0.6) is 0 Å². The van der Waals surface area contributed by atoms with Crippen LogP contribution in [0.1, 0.15) is 26.2 Å². The molecule has 0 aromatic rings. The van der Waals surface area contributed by atoms with Gasteiger partial charge in [0.2, 0.25) is 0 Å². The average molecular weight is 199 g/mol. The standard InChI is InChI=1S/C11H21NO2/c1-2-13-8-5-7-12-10-11-6-3-4-9-14-11/h4,9,11-12H,2-3,5-8,10H2,1H3.